The molecule has 4 heteroatoms. The van der Waals surface area contributed by atoms with Crippen molar-refractivity contribution in [2.75, 3.05) is 19.0 Å². The maximum atomic E-state index is 6.06. The van der Waals surface area contributed by atoms with E-state index < -0.39 is 0 Å². The van der Waals surface area contributed by atoms with Gasteiger partial charge in [0.2, 0.25) is 0 Å². The highest BCUT2D eigenvalue weighted by Gasteiger charge is 2.05. The molecular formula is C11H18ClN3. The van der Waals surface area contributed by atoms with Crippen LogP contribution in [0, 0.1) is 0 Å². The van der Waals surface area contributed by atoms with Crippen LogP contribution in [-0.4, -0.2) is 25.1 Å². The van der Waals surface area contributed by atoms with Gasteiger partial charge >= 0.3 is 0 Å². The highest BCUT2D eigenvalue weighted by molar-refractivity contribution is 6.31. The number of anilines is 1. The third-order valence-electron chi connectivity index (χ3n) is 2.04. The van der Waals surface area contributed by atoms with Crippen molar-refractivity contribution in [2.24, 2.45) is 0 Å². The van der Waals surface area contributed by atoms with E-state index in [-0.39, 0.29) is 0 Å². The van der Waals surface area contributed by atoms with E-state index in [4.69, 9.17) is 11.6 Å². The van der Waals surface area contributed by atoms with Crippen LogP contribution in [0.5, 0.6) is 0 Å². The Hall–Kier alpha value is -0.800. The molecule has 0 aromatic carbocycles. The van der Waals surface area contributed by atoms with Gasteiger partial charge < -0.3 is 10.2 Å². The van der Waals surface area contributed by atoms with E-state index >= 15 is 0 Å². The fourth-order valence-electron chi connectivity index (χ4n) is 1.15. The lowest BCUT2D eigenvalue weighted by atomic mass is 10.3. The SMILES string of the molecule is CC(C)NCc1nc(N(C)C)ccc1Cl. The Balaban J connectivity index is 2.81. The molecule has 0 atom stereocenters. The van der Waals surface area contributed by atoms with Crippen LogP contribution in [0.25, 0.3) is 0 Å². The summed E-state index contributed by atoms with van der Waals surface area (Å²) in [6.45, 7) is 4.91. The largest absolute Gasteiger partial charge is 0.363 e. The number of halogens is 1. The van der Waals surface area contributed by atoms with Crippen molar-refractivity contribution in [1.82, 2.24) is 10.3 Å². The van der Waals surface area contributed by atoms with Crippen LogP contribution in [0.3, 0.4) is 0 Å². The number of hydrogen-bond acceptors (Lipinski definition) is 3. The van der Waals surface area contributed by atoms with Gasteiger partial charge in [-0.3, -0.25) is 0 Å². The van der Waals surface area contributed by atoms with Crippen molar-refractivity contribution < 1.29 is 0 Å². The normalized spacial score (nSPS) is 10.8. The van der Waals surface area contributed by atoms with E-state index in [1.165, 1.54) is 0 Å². The predicted molar refractivity (Wildman–Crippen MR) is 65.5 cm³/mol. The summed E-state index contributed by atoms with van der Waals surface area (Å²) in [4.78, 5) is 6.44. The second-order valence-electron chi connectivity index (χ2n) is 4.03. The molecule has 0 fully saturated rings. The van der Waals surface area contributed by atoms with Gasteiger partial charge in [0, 0.05) is 26.7 Å². The van der Waals surface area contributed by atoms with Gasteiger partial charge in [-0.05, 0) is 12.1 Å². The van der Waals surface area contributed by atoms with E-state index in [0.717, 1.165) is 11.5 Å². The molecule has 1 heterocycles. The average Bonchev–Trinajstić information content (AvgIpc) is 2.16. The molecule has 1 aromatic rings. The number of aromatic nitrogens is 1. The first-order valence-electron chi connectivity index (χ1n) is 5.07. The summed E-state index contributed by atoms with van der Waals surface area (Å²) in [5.74, 6) is 0.931. The van der Waals surface area contributed by atoms with Gasteiger partial charge in [-0.1, -0.05) is 25.4 Å². The third kappa shape index (κ3) is 3.68. The molecule has 0 spiro atoms. The predicted octanol–water partition coefficient (Wildman–Crippen LogP) is 2.30. The lowest BCUT2D eigenvalue weighted by molar-refractivity contribution is 0.581. The average molecular weight is 228 g/mol. The van der Waals surface area contributed by atoms with E-state index in [0.29, 0.717) is 17.6 Å². The second kappa shape index (κ2) is 5.33. The summed E-state index contributed by atoms with van der Waals surface area (Å²) >= 11 is 6.06. The minimum absolute atomic E-state index is 0.436. The lowest BCUT2D eigenvalue weighted by Gasteiger charge is -2.14. The first-order valence-corrected chi connectivity index (χ1v) is 5.44. The van der Waals surface area contributed by atoms with Crippen molar-refractivity contribution in [2.45, 2.75) is 26.4 Å². The molecule has 15 heavy (non-hydrogen) atoms. The van der Waals surface area contributed by atoms with Crippen LogP contribution in [0.15, 0.2) is 12.1 Å². The molecular weight excluding hydrogens is 210 g/mol. The van der Waals surface area contributed by atoms with E-state index in [1.807, 2.05) is 31.1 Å². The second-order valence-corrected chi connectivity index (χ2v) is 4.44. The molecule has 1 N–H and O–H groups in total. The highest BCUT2D eigenvalue weighted by atomic mass is 35.5. The van der Waals surface area contributed by atoms with Crippen LogP contribution < -0.4 is 10.2 Å². The first kappa shape index (κ1) is 12.3. The molecule has 1 rings (SSSR count). The molecule has 1 aromatic heterocycles. The summed E-state index contributed by atoms with van der Waals surface area (Å²) in [6.07, 6.45) is 0. The molecule has 0 radical (unpaired) electrons. The van der Waals surface area contributed by atoms with Crippen LogP contribution in [0.4, 0.5) is 5.82 Å². The Bertz CT molecular complexity index is 324. The highest BCUT2D eigenvalue weighted by Crippen LogP contribution is 2.17. The molecule has 0 amide bonds. The van der Waals surface area contributed by atoms with Gasteiger partial charge in [-0.15, -0.1) is 0 Å². The zero-order valence-corrected chi connectivity index (χ0v) is 10.5. The number of hydrogen-bond donors (Lipinski definition) is 1. The number of nitrogens with zero attached hydrogens (tertiary/aromatic N) is 2. The maximum Gasteiger partial charge on any atom is 0.128 e. The summed E-state index contributed by atoms with van der Waals surface area (Å²) in [5.41, 5.74) is 0.900. The standard InChI is InChI=1S/C11H18ClN3/c1-8(2)13-7-10-9(12)5-6-11(14-10)15(3)4/h5-6,8,13H,7H2,1-4H3. The Morgan fingerprint density at radius 2 is 2.07 bits per heavy atom. The van der Waals surface area contributed by atoms with Gasteiger partial charge in [-0.2, -0.15) is 0 Å². The Morgan fingerprint density at radius 1 is 1.40 bits per heavy atom. The third-order valence-corrected chi connectivity index (χ3v) is 2.38. The quantitative estimate of drug-likeness (QED) is 0.856. The monoisotopic (exact) mass is 227 g/mol. The van der Waals surface area contributed by atoms with Crippen molar-refractivity contribution in [3.63, 3.8) is 0 Å². The Kier molecular flexibility index (Phi) is 4.36. The minimum atomic E-state index is 0.436. The molecule has 3 nitrogen and oxygen atoms in total. The van der Waals surface area contributed by atoms with Crippen molar-refractivity contribution in [1.29, 1.82) is 0 Å². The van der Waals surface area contributed by atoms with Gasteiger partial charge in [0.15, 0.2) is 0 Å². The topological polar surface area (TPSA) is 28.2 Å². The summed E-state index contributed by atoms with van der Waals surface area (Å²) in [6, 6.07) is 4.24. The molecule has 84 valence electrons. The number of nitrogens with one attached hydrogen (secondary N) is 1. The van der Waals surface area contributed by atoms with Gasteiger partial charge in [0.05, 0.1) is 10.7 Å². The van der Waals surface area contributed by atoms with Crippen LogP contribution >= 0.6 is 11.6 Å². The number of pyridine rings is 1. The molecule has 0 saturated heterocycles. The Morgan fingerprint density at radius 3 is 2.60 bits per heavy atom. The fourth-order valence-corrected chi connectivity index (χ4v) is 1.32. The van der Waals surface area contributed by atoms with Crippen LogP contribution in [0.1, 0.15) is 19.5 Å². The van der Waals surface area contributed by atoms with Crippen LogP contribution in [0.2, 0.25) is 5.02 Å². The van der Waals surface area contributed by atoms with E-state index in [1.54, 1.807) is 0 Å². The molecule has 0 aliphatic heterocycles. The van der Waals surface area contributed by atoms with Gasteiger partial charge in [0.25, 0.3) is 0 Å². The van der Waals surface area contributed by atoms with Crippen molar-refractivity contribution >= 4 is 17.4 Å². The van der Waals surface area contributed by atoms with E-state index in [9.17, 15) is 0 Å². The Labute approximate surface area is 96.5 Å². The lowest BCUT2D eigenvalue weighted by Crippen LogP contribution is -2.23. The molecule has 0 saturated carbocycles. The fraction of sp³-hybridized carbons (Fsp3) is 0.545. The van der Waals surface area contributed by atoms with E-state index in [2.05, 4.69) is 24.1 Å². The maximum absolute atomic E-state index is 6.06. The van der Waals surface area contributed by atoms with Crippen molar-refractivity contribution in [3.8, 4) is 0 Å². The molecule has 0 bridgehead atoms. The number of rotatable bonds is 4. The van der Waals surface area contributed by atoms with Crippen LogP contribution in [-0.2, 0) is 6.54 Å². The zero-order chi connectivity index (χ0) is 11.4. The molecule has 0 aliphatic carbocycles. The van der Waals surface area contributed by atoms with Crippen molar-refractivity contribution in [3.05, 3.63) is 22.8 Å². The molecule has 0 aliphatic rings. The molecule has 0 unspecified atom stereocenters. The summed E-state index contributed by atoms with van der Waals surface area (Å²) < 4.78 is 0. The smallest absolute Gasteiger partial charge is 0.128 e. The summed E-state index contributed by atoms with van der Waals surface area (Å²) in [7, 11) is 3.94. The first-order chi connectivity index (χ1) is 7.00. The van der Waals surface area contributed by atoms with Gasteiger partial charge in [0.1, 0.15) is 5.82 Å². The summed E-state index contributed by atoms with van der Waals surface area (Å²) in [5, 5.41) is 4.02. The van der Waals surface area contributed by atoms with Gasteiger partial charge in [-0.25, -0.2) is 4.98 Å². The minimum Gasteiger partial charge on any atom is -0.363 e. The zero-order valence-electron chi connectivity index (χ0n) is 9.71.